The molecule has 2 heterocycles. The Hall–Kier alpha value is -3.61. The second-order valence-corrected chi connectivity index (χ2v) is 8.30. The van der Waals surface area contributed by atoms with Crippen LogP contribution in [0.4, 0.5) is 10.1 Å². The van der Waals surface area contributed by atoms with Crippen molar-refractivity contribution in [3.05, 3.63) is 65.2 Å². The van der Waals surface area contributed by atoms with Crippen LogP contribution in [0.5, 0.6) is 5.75 Å². The average Bonchev–Trinajstić information content (AvgIpc) is 3.18. The molecule has 0 unspecified atom stereocenters. The van der Waals surface area contributed by atoms with Crippen LogP contribution in [-0.4, -0.2) is 31.3 Å². The Kier molecular flexibility index (Phi) is 5.50. The molecule has 1 aliphatic rings. The lowest BCUT2D eigenvalue weighted by molar-refractivity contribution is 0.0929. The summed E-state index contributed by atoms with van der Waals surface area (Å²) in [6, 6.07) is 10.3. The molecular formula is C25H26FN3O3. The second kappa shape index (κ2) is 8.15. The summed E-state index contributed by atoms with van der Waals surface area (Å²) >= 11 is 0. The monoisotopic (exact) mass is 435 g/mol. The summed E-state index contributed by atoms with van der Waals surface area (Å²) in [6.07, 6.45) is 3.48. The molecule has 1 amide bonds. The van der Waals surface area contributed by atoms with Gasteiger partial charge in [-0.3, -0.25) is 4.79 Å². The minimum atomic E-state index is -0.534. The van der Waals surface area contributed by atoms with Gasteiger partial charge in [-0.05, 0) is 57.5 Å². The summed E-state index contributed by atoms with van der Waals surface area (Å²) in [6.45, 7) is 9.05. The number of furan rings is 1. The van der Waals surface area contributed by atoms with Crippen LogP contribution in [0.25, 0.3) is 16.5 Å². The van der Waals surface area contributed by atoms with E-state index in [2.05, 4.69) is 42.3 Å². The summed E-state index contributed by atoms with van der Waals surface area (Å²) in [5.74, 6) is -0.312. The van der Waals surface area contributed by atoms with E-state index in [0.29, 0.717) is 16.9 Å². The van der Waals surface area contributed by atoms with E-state index in [-0.39, 0.29) is 11.3 Å². The van der Waals surface area contributed by atoms with Crippen LogP contribution in [0, 0.1) is 5.82 Å². The van der Waals surface area contributed by atoms with Gasteiger partial charge in [-0.15, -0.1) is 0 Å². The molecule has 3 aromatic rings. The highest BCUT2D eigenvalue weighted by molar-refractivity contribution is 5.98. The molecule has 6 nitrogen and oxygen atoms in total. The number of ether oxygens (including phenoxy) is 1. The van der Waals surface area contributed by atoms with Gasteiger partial charge in [0.1, 0.15) is 5.82 Å². The van der Waals surface area contributed by atoms with Crippen LogP contribution in [0.1, 0.15) is 49.4 Å². The number of hydrogen-bond donors (Lipinski definition) is 1. The van der Waals surface area contributed by atoms with Gasteiger partial charge in [0.25, 0.3) is 0 Å². The van der Waals surface area contributed by atoms with Crippen molar-refractivity contribution in [2.75, 3.05) is 18.6 Å². The zero-order valence-electron chi connectivity index (χ0n) is 18.8. The van der Waals surface area contributed by atoms with Crippen molar-refractivity contribution in [2.24, 2.45) is 5.10 Å². The van der Waals surface area contributed by atoms with Gasteiger partial charge in [0.05, 0.1) is 18.9 Å². The average molecular weight is 435 g/mol. The number of fused-ring (bicyclic) bond motifs is 2. The Morgan fingerprint density at radius 1 is 1.31 bits per heavy atom. The molecule has 0 atom stereocenters. The predicted molar refractivity (Wildman–Crippen MR) is 125 cm³/mol. The lowest BCUT2D eigenvalue weighted by Crippen LogP contribution is -2.45. The number of benzene rings is 2. The molecule has 0 spiro atoms. The summed E-state index contributed by atoms with van der Waals surface area (Å²) in [5.41, 5.74) is 5.85. The number of nitrogens with zero attached hydrogens (tertiary/aromatic N) is 2. The van der Waals surface area contributed by atoms with Crippen LogP contribution in [0.3, 0.4) is 0 Å². The topological polar surface area (TPSA) is 67.1 Å². The zero-order valence-corrected chi connectivity index (χ0v) is 18.8. The summed E-state index contributed by atoms with van der Waals surface area (Å²) in [5, 5.41) is 4.69. The van der Waals surface area contributed by atoms with Gasteiger partial charge in [-0.25, -0.2) is 9.82 Å². The Bertz CT molecular complexity index is 1260. The number of methoxy groups -OCH3 is 1. The third-order valence-corrected chi connectivity index (χ3v) is 5.73. The number of carbonyl (C=O) groups is 1. The Morgan fingerprint density at radius 2 is 2.09 bits per heavy atom. The smallest absolute Gasteiger partial charge is 0.307 e. The highest BCUT2D eigenvalue weighted by Crippen LogP contribution is 2.39. The normalized spacial score (nSPS) is 15.1. The molecule has 32 heavy (non-hydrogen) atoms. The van der Waals surface area contributed by atoms with Gasteiger partial charge < -0.3 is 14.1 Å². The summed E-state index contributed by atoms with van der Waals surface area (Å²) < 4.78 is 25.7. The molecule has 2 aromatic carbocycles. The Labute approximate surface area is 186 Å². The van der Waals surface area contributed by atoms with Gasteiger partial charge in [0.15, 0.2) is 17.1 Å². The lowest BCUT2D eigenvalue weighted by Gasteiger charge is -2.42. The first-order chi connectivity index (χ1) is 15.2. The van der Waals surface area contributed by atoms with Crippen molar-refractivity contribution >= 4 is 34.4 Å². The van der Waals surface area contributed by atoms with Gasteiger partial charge in [0.2, 0.25) is 0 Å². The number of likely N-dealkylation sites (N-methyl/N-ethyl adjacent to an activating group) is 1. The number of nitrogens with one attached hydrogen (secondary N) is 1. The molecule has 0 saturated heterocycles. The van der Waals surface area contributed by atoms with Crippen LogP contribution < -0.4 is 15.1 Å². The maximum atomic E-state index is 14.9. The summed E-state index contributed by atoms with van der Waals surface area (Å²) in [4.78, 5) is 14.6. The molecule has 166 valence electrons. The molecule has 4 rings (SSSR count). The van der Waals surface area contributed by atoms with E-state index >= 15 is 0 Å². The van der Waals surface area contributed by atoms with E-state index in [1.165, 1.54) is 19.4 Å². The Balaban J connectivity index is 1.57. The molecule has 0 radical (unpaired) electrons. The quantitative estimate of drug-likeness (QED) is 0.432. The van der Waals surface area contributed by atoms with Crippen LogP contribution in [0.15, 0.2) is 52.0 Å². The number of hydrogen-bond acceptors (Lipinski definition) is 5. The number of amides is 1. The number of halogens is 1. The number of allylic oxidation sites excluding steroid dienone is 1. The highest BCUT2D eigenvalue weighted by atomic mass is 19.1. The van der Waals surface area contributed by atoms with E-state index in [4.69, 9.17) is 9.15 Å². The minimum absolute atomic E-state index is 0.0900. The first-order valence-electron chi connectivity index (χ1n) is 10.5. The summed E-state index contributed by atoms with van der Waals surface area (Å²) in [7, 11) is 1.53. The molecule has 0 saturated carbocycles. The van der Waals surface area contributed by atoms with Crippen LogP contribution >= 0.6 is 0 Å². The molecule has 1 aliphatic heterocycles. The van der Waals surface area contributed by atoms with Gasteiger partial charge in [-0.1, -0.05) is 18.2 Å². The predicted octanol–water partition coefficient (Wildman–Crippen LogP) is 5.37. The second-order valence-electron chi connectivity index (χ2n) is 8.30. The third-order valence-electron chi connectivity index (χ3n) is 5.73. The molecule has 0 aliphatic carbocycles. The van der Waals surface area contributed by atoms with Crippen molar-refractivity contribution in [3.63, 3.8) is 0 Å². The molecule has 0 bridgehead atoms. The van der Waals surface area contributed by atoms with Gasteiger partial charge >= 0.3 is 5.91 Å². The Morgan fingerprint density at radius 3 is 2.81 bits per heavy atom. The molecule has 0 fully saturated rings. The zero-order chi connectivity index (χ0) is 23.0. The number of hydrazone groups is 1. The van der Waals surface area contributed by atoms with Crippen molar-refractivity contribution < 1.29 is 18.3 Å². The van der Waals surface area contributed by atoms with Gasteiger partial charge in [-0.2, -0.15) is 5.10 Å². The van der Waals surface area contributed by atoms with E-state index in [9.17, 15) is 9.18 Å². The van der Waals surface area contributed by atoms with Crippen molar-refractivity contribution in [1.82, 2.24) is 5.43 Å². The molecular weight excluding hydrogens is 409 g/mol. The van der Waals surface area contributed by atoms with Crippen molar-refractivity contribution in [3.8, 4) is 5.75 Å². The minimum Gasteiger partial charge on any atom is -0.493 e. The maximum absolute atomic E-state index is 14.9. The first kappa shape index (κ1) is 21.6. The third kappa shape index (κ3) is 3.75. The first-order valence-corrected chi connectivity index (χ1v) is 10.5. The fraction of sp³-hybridized carbons (Fsp3) is 0.280. The molecule has 7 heteroatoms. The fourth-order valence-corrected chi connectivity index (χ4v) is 4.32. The maximum Gasteiger partial charge on any atom is 0.307 e. The number of para-hydroxylation sites is 1. The van der Waals surface area contributed by atoms with E-state index in [1.807, 2.05) is 19.1 Å². The number of rotatable bonds is 5. The van der Waals surface area contributed by atoms with Crippen LogP contribution in [0.2, 0.25) is 0 Å². The largest absolute Gasteiger partial charge is 0.493 e. The fourth-order valence-electron chi connectivity index (χ4n) is 4.32. The van der Waals surface area contributed by atoms with E-state index < -0.39 is 11.7 Å². The highest BCUT2D eigenvalue weighted by Gasteiger charge is 2.31. The van der Waals surface area contributed by atoms with Crippen molar-refractivity contribution in [2.45, 2.75) is 33.2 Å². The van der Waals surface area contributed by atoms with E-state index in [0.717, 1.165) is 28.8 Å². The van der Waals surface area contributed by atoms with Crippen LogP contribution in [-0.2, 0) is 0 Å². The van der Waals surface area contributed by atoms with E-state index in [1.54, 1.807) is 18.2 Å². The van der Waals surface area contributed by atoms with Gasteiger partial charge in [0, 0.05) is 28.7 Å². The molecule has 1 aromatic heterocycles. The lowest BCUT2D eigenvalue weighted by atomic mass is 9.88. The number of anilines is 1. The standard InChI is InChI=1S/C25H26FN3O3/c1-6-29-20-12-19(26)17(10-18(20)15(2)13-25(29,3)4)14-27-28-24(30)22-11-16-8-7-9-21(31-5)23(16)32-22/h7-14H,6H2,1-5H3,(H,28,30)/b27-14-. The SMILES string of the molecule is CCN1c2cc(F)c(/C=N\NC(=O)c3cc4cccc(OC)c4o3)cc2C(C)=CC1(C)C. The molecule has 1 N–H and O–H groups in total. The van der Waals surface area contributed by atoms with Crippen molar-refractivity contribution in [1.29, 1.82) is 0 Å². The number of carbonyl (C=O) groups excluding carboxylic acids is 1.